The molecule has 3 atom stereocenters. The Labute approximate surface area is 224 Å². The lowest BCUT2D eigenvalue weighted by Crippen LogP contribution is -2.57. The molecule has 6 nitrogen and oxygen atoms in total. The van der Waals surface area contributed by atoms with Crippen LogP contribution in [0.15, 0.2) is 60.7 Å². The maximum atomic E-state index is 14.2. The van der Waals surface area contributed by atoms with E-state index in [1.54, 1.807) is 18.2 Å². The molecule has 0 unspecified atom stereocenters. The molecular weight excluding hydrogens is 511 g/mol. The fourth-order valence-electron chi connectivity index (χ4n) is 6.02. The van der Waals surface area contributed by atoms with Crippen LogP contribution in [0.1, 0.15) is 59.4 Å². The van der Waals surface area contributed by atoms with Gasteiger partial charge >= 0.3 is 0 Å². The molecule has 37 heavy (non-hydrogen) atoms. The lowest BCUT2D eigenvalue weighted by molar-refractivity contribution is -0.131. The van der Waals surface area contributed by atoms with E-state index in [1.807, 2.05) is 36.4 Å². The number of benzene rings is 3. The van der Waals surface area contributed by atoms with Crippen LogP contribution in [0.5, 0.6) is 5.75 Å². The van der Waals surface area contributed by atoms with E-state index < -0.39 is 17.4 Å². The number of hydrogen-bond donors (Lipinski definition) is 3. The van der Waals surface area contributed by atoms with Crippen molar-refractivity contribution in [2.45, 2.75) is 42.6 Å². The van der Waals surface area contributed by atoms with E-state index >= 15 is 0 Å². The summed E-state index contributed by atoms with van der Waals surface area (Å²) in [7, 11) is 0. The second-order valence-corrected chi connectivity index (χ2v) is 10.8. The molecule has 3 N–H and O–H groups in total. The summed E-state index contributed by atoms with van der Waals surface area (Å²) >= 11 is 12.7. The number of nitrogens with one attached hydrogen (secondary N) is 2. The number of piperidine rings is 1. The molecule has 3 aromatic carbocycles. The number of aliphatic hydroxyl groups excluding tert-OH is 1. The molecule has 1 aliphatic carbocycles. The quantitative estimate of drug-likeness (QED) is 0.389. The molecule has 8 heteroatoms. The summed E-state index contributed by atoms with van der Waals surface area (Å²) < 4.78 is 5.96. The highest BCUT2D eigenvalue weighted by Gasteiger charge is 2.61. The Kier molecular flexibility index (Phi) is 6.14. The number of ether oxygens (including phenoxy) is 1. The van der Waals surface area contributed by atoms with E-state index in [9.17, 15) is 14.7 Å². The molecule has 2 heterocycles. The molecule has 1 spiro atoms. The predicted molar refractivity (Wildman–Crippen MR) is 142 cm³/mol. The maximum absolute atomic E-state index is 14.2. The van der Waals surface area contributed by atoms with Gasteiger partial charge in [0.25, 0.3) is 0 Å². The minimum absolute atomic E-state index is 0.0968. The summed E-state index contributed by atoms with van der Waals surface area (Å²) in [5, 5.41) is 16.7. The highest BCUT2D eigenvalue weighted by Crippen LogP contribution is 2.59. The van der Waals surface area contributed by atoms with Crippen molar-refractivity contribution in [3.63, 3.8) is 0 Å². The van der Waals surface area contributed by atoms with Gasteiger partial charge in [-0.25, -0.2) is 0 Å². The first kappa shape index (κ1) is 24.3. The van der Waals surface area contributed by atoms with E-state index in [1.165, 1.54) is 0 Å². The van der Waals surface area contributed by atoms with Gasteiger partial charge in [-0.05, 0) is 71.8 Å². The van der Waals surface area contributed by atoms with E-state index in [2.05, 4.69) is 16.7 Å². The first-order chi connectivity index (χ1) is 17.9. The lowest BCUT2D eigenvalue weighted by atomic mass is 9.59. The van der Waals surface area contributed by atoms with E-state index in [-0.39, 0.29) is 31.4 Å². The van der Waals surface area contributed by atoms with Crippen molar-refractivity contribution in [2.75, 3.05) is 18.5 Å². The lowest BCUT2D eigenvalue weighted by Gasteiger charge is -2.46. The van der Waals surface area contributed by atoms with Crippen molar-refractivity contribution in [3.8, 4) is 5.75 Å². The normalized spacial score (nSPS) is 24.5. The Balaban J connectivity index is 1.62. The van der Waals surface area contributed by atoms with Gasteiger partial charge in [0, 0.05) is 33.6 Å². The van der Waals surface area contributed by atoms with Crippen molar-refractivity contribution < 1.29 is 19.4 Å². The van der Waals surface area contributed by atoms with Crippen molar-refractivity contribution in [1.82, 2.24) is 5.32 Å². The second-order valence-electron chi connectivity index (χ2n) is 9.97. The van der Waals surface area contributed by atoms with Gasteiger partial charge in [-0.2, -0.15) is 0 Å². The monoisotopic (exact) mass is 536 g/mol. The predicted octanol–water partition coefficient (Wildman–Crippen LogP) is 5.48. The summed E-state index contributed by atoms with van der Waals surface area (Å²) in [6, 6.07) is 18.0. The van der Waals surface area contributed by atoms with Gasteiger partial charge in [0.15, 0.2) is 0 Å². The number of anilines is 1. The molecular formula is C29H26Cl2N2O4. The van der Waals surface area contributed by atoms with Gasteiger partial charge in [0.05, 0.1) is 12.6 Å². The molecule has 3 aliphatic rings. The zero-order valence-electron chi connectivity index (χ0n) is 20.0. The van der Waals surface area contributed by atoms with Gasteiger partial charge in [0.2, 0.25) is 11.8 Å². The Morgan fingerprint density at radius 3 is 2.54 bits per heavy atom. The van der Waals surface area contributed by atoms with Crippen molar-refractivity contribution >= 4 is 40.7 Å². The van der Waals surface area contributed by atoms with Crippen LogP contribution in [0.3, 0.4) is 0 Å². The van der Waals surface area contributed by atoms with Gasteiger partial charge < -0.3 is 20.5 Å². The molecule has 0 bridgehead atoms. The third-order valence-electron chi connectivity index (χ3n) is 7.74. The molecule has 3 aromatic rings. The number of hydrogen-bond acceptors (Lipinski definition) is 4. The SMILES string of the molecule is O=C1C[C@@H](c2cccc(Cl)c2)[C@]2(C(=O)Nc3cc(Cl)ccc32)[C@@H](c2cc(C3CC3)ccc2OCCO)N1. The topological polar surface area (TPSA) is 87.7 Å². The number of amides is 2. The Morgan fingerprint density at radius 1 is 0.973 bits per heavy atom. The molecule has 2 amide bonds. The third-order valence-corrected chi connectivity index (χ3v) is 8.21. The summed E-state index contributed by atoms with van der Waals surface area (Å²) in [4.78, 5) is 27.5. The van der Waals surface area contributed by atoms with Crippen LogP contribution >= 0.6 is 23.2 Å². The minimum atomic E-state index is -1.18. The highest BCUT2D eigenvalue weighted by molar-refractivity contribution is 6.31. The number of aliphatic hydroxyl groups is 1. The first-order valence-corrected chi connectivity index (χ1v) is 13.2. The zero-order valence-corrected chi connectivity index (χ0v) is 21.5. The summed E-state index contributed by atoms with van der Waals surface area (Å²) in [6.45, 7) is -0.0570. The van der Waals surface area contributed by atoms with E-state index in [0.717, 1.165) is 35.1 Å². The average molecular weight is 537 g/mol. The fourth-order valence-corrected chi connectivity index (χ4v) is 6.39. The second kappa shape index (κ2) is 9.35. The first-order valence-electron chi connectivity index (χ1n) is 12.5. The van der Waals surface area contributed by atoms with Crippen molar-refractivity contribution in [3.05, 3.63) is 93.0 Å². The number of rotatable bonds is 6. The molecule has 0 aromatic heterocycles. The van der Waals surface area contributed by atoms with Gasteiger partial charge in [-0.1, -0.05) is 47.5 Å². The summed E-state index contributed by atoms with van der Waals surface area (Å²) in [6.07, 6.45) is 2.32. The summed E-state index contributed by atoms with van der Waals surface area (Å²) in [5.41, 5.74) is 2.88. The average Bonchev–Trinajstić information content (AvgIpc) is 3.69. The van der Waals surface area contributed by atoms with Crippen molar-refractivity contribution in [1.29, 1.82) is 0 Å². The minimum Gasteiger partial charge on any atom is -0.491 e. The van der Waals surface area contributed by atoms with E-state index in [0.29, 0.717) is 27.4 Å². The Hall–Kier alpha value is -3.06. The molecule has 2 fully saturated rings. The Morgan fingerprint density at radius 2 is 1.78 bits per heavy atom. The van der Waals surface area contributed by atoms with Crippen molar-refractivity contribution in [2.24, 2.45) is 0 Å². The van der Waals surface area contributed by atoms with Crippen LogP contribution in [0, 0.1) is 0 Å². The van der Waals surface area contributed by atoms with Crippen LogP contribution in [0.4, 0.5) is 5.69 Å². The van der Waals surface area contributed by atoms with Gasteiger partial charge in [0.1, 0.15) is 17.8 Å². The number of carbonyl (C=O) groups is 2. The molecule has 2 aliphatic heterocycles. The highest BCUT2D eigenvalue weighted by atomic mass is 35.5. The van der Waals surface area contributed by atoms with Crippen LogP contribution in [-0.4, -0.2) is 30.1 Å². The van der Waals surface area contributed by atoms with Gasteiger partial charge in [-0.15, -0.1) is 0 Å². The standard InChI is InChI=1S/C29H26Cl2N2O4/c30-19-3-1-2-18(12-19)23-15-26(35)33-27(29(23)22-8-7-20(31)14-24(22)32-28(29)36)21-13-17(16-4-5-16)6-9-25(21)37-11-10-34/h1-3,6-9,12-14,16,23,27,34H,4-5,10-11,15H2,(H,32,36)(H,33,35)/t23-,27+,29-/m0/s1. The number of halogens is 2. The molecule has 190 valence electrons. The van der Waals surface area contributed by atoms with E-state index in [4.69, 9.17) is 27.9 Å². The van der Waals surface area contributed by atoms with Crippen LogP contribution in [0.2, 0.25) is 10.0 Å². The zero-order chi connectivity index (χ0) is 25.7. The smallest absolute Gasteiger partial charge is 0.238 e. The fraction of sp³-hybridized carbons (Fsp3) is 0.310. The number of carbonyl (C=O) groups excluding carboxylic acids is 2. The van der Waals surface area contributed by atoms with Crippen LogP contribution < -0.4 is 15.4 Å². The molecule has 6 rings (SSSR count). The molecule has 1 saturated carbocycles. The summed E-state index contributed by atoms with van der Waals surface area (Å²) in [5.74, 6) is 0.103. The van der Waals surface area contributed by atoms with Crippen LogP contribution in [-0.2, 0) is 15.0 Å². The Bertz CT molecular complexity index is 1410. The third kappa shape index (κ3) is 4.08. The largest absolute Gasteiger partial charge is 0.491 e. The molecule has 1 saturated heterocycles. The number of fused-ring (bicyclic) bond motifs is 2. The molecule has 0 radical (unpaired) electrons. The van der Waals surface area contributed by atoms with Gasteiger partial charge in [-0.3, -0.25) is 9.59 Å². The van der Waals surface area contributed by atoms with Crippen LogP contribution in [0.25, 0.3) is 0 Å². The maximum Gasteiger partial charge on any atom is 0.238 e.